The molecule has 1 aromatic rings. The van der Waals surface area contributed by atoms with Crippen molar-refractivity contribution in [3.05, 3.63) is 35.9 Å². The largest absolute Gasteiger partial charge is 0.444 e. The number of ether oxygens (including phenoxy) is 1. The summed E-state index contributed by atoms with van der Waals surface area (Å²) in [6, 6.07) is 11.0. The Balaban J connectivity index is 2.58. The Hall–Kier alpha value is -2.06. The molecule has 1 amide bonds. The van der Waals surface area contributed by atoms with Crippen LogP contribution in [0, 0.1) is 11.3 Å². The van der Waals surface area contributed by atoms with Gasteiger partial charge in [0.1, 0.15) is 5.60 Å². The normalized spacial score (nSPS) is 13.9. The van der Waals surface area contributed by atoms with Crippen LogP contribution in [0.4, 0.5) is 4.79 Å². The van der Waals surface area contributed by atoms with E-state index in [0.29, 0.717) is 0 Å². The van der Waals surface area contributed by atoms with Crippen LogP contribution in [0.2, 0.25) is 0 Å². The van der Waals surface area contributed by atoms with Gasteiger partial charge in [0, 0.05) is 6.42 Å². The average Bonchev–Trinajstić information content (AvgIpc) is 2.36. The zero-order valence-electron chi connectivity index (χ0n) is 12.0. The predicted octanol–water partition coefficient (Wildman–Crippen LogP) is 2.01. The fraction of sp³-hybridized carbons (Fsp3) is 0.467. The van der Waals surface area contributed by atoms with E-state index in [2.05, 4.69) is 5.32 Å². The first-order chi connectivity index (χ1) is 9.24. The quantitative estimate of drug-likeness (QED) is 0.824. The highest BCUT2D eigenvalue weighted by Crippen LogP contribution is 2.13. The molecule has 1 aromatic carbocycles. The highest BCUT2D eigenvalue weighted by atomic mass is 16.6. The maximum Gasteiger partial charge on any atom is 0.407 e. The first kappa shape index (κ1) is 16.0. The molecule has 0 fully saturated rings. The number of hydrogen-bond donors (Lipinski definition) is 2. The maximum atomic E-state index is 11.5. The van der Waals surface area contributed by atoms with Gasteiger partial charge < -0.3 is 15.2 Å². The molecular weight excluding hydrogens is 256 g/mol. The molecule has 0 spiro atoms. The van der Waals surface area contributed by atoms with Gasteiger partial charge in [-0.3, -0.25) is 0 Å². The van der Waals surface area contributed by atoms with Crippen molar-refractivity contribution in [2.75, 3.05) is 6.54 Å². The lowest BCUT2D eigenvalue weighted by atomic mass is 9.96. The van der Waals surface area contributed by atoms with Crippen molar-refractivity contribution in [1.29, 1.82) is 5.26 Å². The van der Waals surface area contributed by atoms with Crippen molar-refractivity contribution >= 4 is 6.09 Å². The Kier molecular flexibility index (Phi) is 5.12. The van der Waals surface area contributed by atoms with E-state index in [4.69, 9.17) is 10.00 Å². The lowest BCUT2D eigenvalue weighted by Crippen LogP contribution is -2.45. The van der Waals surface area contributed by atoms with E-state index in [1.165, 1.54) is 0 Å². The molecular formula is C15H20N2O3. The molecule has 20 heavy (non-hydrogen) atoms. The third kappa shape index (κ3) is 5.72. The van der Waals surface area contributed by atoms with Crippen LogP contribution in [0.15, 0.2) is 30.3 Å². The van der Waals surface area contributed by atoms with Crippen LogP contribution >= 0.6 is 0 Å². The minimum absolute atomic E-state index is 0.139. The minimum atomic E-state index is -1.65. The first-order valence-corrected chi connectivity index (χ1v) is 6.38. The van der Waals surface area contributed by atoms with Crippen LogP contribution in [-0.4, -0.2) is 28.9 Å². The summed E-state index contributed by atoms with van der Waals surface area (Å²) in [5, 5.41) is 21.7. The van der Waals surface area contributed by atoms with Crippen LogP contribution in [0.5, 0.6) is 0 Å². The second kappa shape index (κ2) is 6.40. The molecule has 1 rings (SSSR count). The fourth-order valence-electron chi connectivity index (χ4n) is 1.61. The molecule has 0 aliphatic carbocycles. The van der Waals surface area contributed by atoms with Crippen molar-refractivity contribution in [1.82, 2.24) is 5.32 Å². The van der Waals surface area contributed by atoms with Crippen LogP contribution in [0.3, 0.4) is 0 Å². The molecule has 108 valence electrons. The van der Waals surface area contributed by atoms with Gasteiger partial charge in [0.15, 0.2) is 5.60 Å². The Morgan fingerprint density at radius 1 is 1.35 bits per heavy atom. The zero-order chi connectivity index (χ0) is 15.2. The molecule has 2 N–H and O–H groups in total. The van der Waals surface area contributed by atoms with E-state index in [9.17, 15) is 9.90 Å². The molecule has 0 radical (unpaired) electrons. The molecule has 0 aromatic heterocycles. The van der Waals surface area contributed by atoms with E-state index in [1.54, 1.807) is 20.8 Å². The Morgan fingerprint density at radius 3 is 2.45 bits per heavy atom. The number of nitrogens with zero attached hydrogens (tertiary/aromatic N) is 1. The molecule has 0 bridgehead atoms. The first-order valence-electron chi connectivity index (χ1n) is 6.38. The van der Waals surface area contributed by atoms with Gasteiger partial charge in [-0.2, -0.15) is 5.26 Å². The van der Waals surface area contributed by atoms with Gasteiger partial charge in [-0.05, 0) is 26.3 Å². The second-order valence-electron chi connectivity index (χ2n) is 5.66. The van der Waals surface area contributed by atoms with Crippen molar-refractivity contribution in [3.63, 3.8) is 0 Å². The number of benzene rings is 1. The molecule has 5 heteroatoms. The van der Waals surface area contributed by atoms with Crippen molar-refractivity contribution < 1.29 is 14.6 Å². The van der Waals surface area contributed by atoms with E-state index in [-0.39, 0.29) is 13.0 Å². The summed E-state index contributed by atoms with van der Waals surface area (Å²) in [5.74, 6) is 0. The average molecular weight is 276 g/mol. The summed E-state index contributed by atoms with van der Waals surface area (Å²) < 4.78 is 5.06. The Labute approximate surface area is 119 Å². The number of amides is 1. The molecule has 5 nitrogen and oxygen atoms in total. The monoisotopic (exact) mass is 276 g/mol. The number of carbonyl (C=O) groups excluding carboxylic acids is 1. The summed E-state index contributed by atoms with van der Waals surface area (Å²) >= 11 is 0. The van der Waals surface area contributed by atoms with Crippen LogP contribution in [-0.2, 0) is 11.2 Å². The predicted molar refractivity (Wildman–Crippen MR) is 74.9 cm³/mol. The third-order valence-corrected chi connectivity index (χ3v) is 2.47. The summed E-state index contributed by atoms with van der Waals surface area (Å²) in [6.07, 6.45) is -0.514. The summed E-state index contributed by atoms with van der Waals surface area (Å²) in [6.45, 7) is 5.04. The number of hydrogen-bond acceptors (Lipinski definition) is 4. The zero-order valence-corrected chi connectivity index (χ0v) is 12.0. The standard InChI is InChI=1S/C15H20N2O3/c1-14(2,3)20-13(18)17-11-15(19,10-16)9-12-7-5-4-6-8-12/h4-8,19H,9,11H2,1-3H3,(H,17,18)/t15-/m0/s1. The molecule has 0 heterocycles. The third-order valence-electron chi connectivity index (χ3n) is 2.47. The second-order valence-corrected chi connectivity index (χ2v) is 5.66. The molecule has 0 saturated heterocycles. The van der Waals surface area contributed by atoms with Gasteiger partial charge in [0.2, 0.25) is 0 Å². The van der Waals surface area contributed by atoms with Crippen LogP contribution in [0.1, 0.15) is 26.3 Å². The number of nitriles is 1. The smallest absolute Gasteiger partial charge is 0.407 e. The van der Waals surface area contributed by atoms with Crippen molar-refractivity contribution in [2.24, 2.45) is 0 Å². The van der Waals surface area contributed by atoms with Crippen LogP contribution < -0.4 is 5.32 Å². The molecule has 0 aliphatic rings. The SMILES string of the molecule is CC(C)(C)OC(=O)NC[C@@](O)(C#N)Cc1ccccc1. The van der Waals surface area contributed by atoms with Gasteiger partial charge in [0.25, 0.3) is 0 Å². The van der Waals surface area contributed by atoms with Gasteiger partial charge >= 0.3 is 6.09 Å². The van der Waals surface area contributed by atoms with Crippen LogP contribution in [0.25, 0.3) is 0 Å². The highest BCUT2D eigenvalue weighted by molar-refractivity contribution is 5.67. The Morgan fingerprint density at radius 2 is 1.95 bits per heavy atom. The topological polar surface area (TPSA) is 82.3 Å². The highest BCUT2D eigenvalue weighted by Gasteiger charge is 2.28. The number of rotatable bonds is 4. The van der Waals surface area contributed by atoms with Gasteiger partial charge in [-0.25, -0.2) is 4.79 Å². The number of aliphatic hydroxyl groups is 1. The van der Waals surface area contributed by atoms with E-state index in [0.717, 1.165) is 5.56 Å². The van der Waals surface area contributed by atoms with E-state index >= 15 is 0 Å². The maximum absolute atomic E-state index is 11.5. The number of nitrogens with one attached hydrogen (secondary N) is 1. The Bertz CT molecular complexity index is 488. The number of carbonyl (C=O) groups is 1. The van der Waals surface area contributed by atoms with Crippen molar-refractivity contribution in [2.45, 2.75) is 38.4 Å². The lowest BCUT2D eigenvalue weighted by molar-refractivity contribution is 0.0431. The van der Waals surface area contributed by atoms with Crippen molar-refractivity contribution in [3.8, 4) is 6.07 Å². The minimum Gasteiger partial charge on any atom is -0.444 e. The molecule has 0 saturated carbocycles. The van der Waals surface area contributed by atoms with E-state index in [1.807, 2.05) is 36.4 Å². The lowest BCUT2D eigenvalue weighted by Gasteiger charge is -2.23. The molecule has 0 aliphatic heterocycles. The van der Waals surface area contributed by atoms with Gasteiger partial charge in [-0.1, -0.05) is 30.3 Å². The van der Waals surface area contributed by atoms with E-state index < -0.39 is 17.3 Å². The molecule has 1 atom stereocenters. The molecule has 0 unspecified atom stereocenters. The van der Waals surface area contributed by atoms with Gasteiger partial charge in [0.05, 0.1) is 12.6 Å². The summed E-state index contributed by atoms with van der Waals surface area (Å²) in [7, 11) is 0. The van der Waals surface area contributed by atoms with Gasteiger partial charge in [-0.15, -0.1) is 0 Å². The number of alkyl carbamates (subject to hydrolysis) is 1. The summed E-state index contributed by atoms with van der Waals surface area (Å²) in [5.41, 5.74) is -1.45. The fourth-order valence-corrected chi connectivity index (χ4v) is 1.61. The summed E-state index contributed by atoms with van der Waals surface area (Å²) in [4.78, 5) is 11.5.